The molecule has 0 fully saturated rings. The highest BCUT2D eigenvalue weighted by Crippen LogP contribution is 2.36. The van der Waals surface area contributed by atoms with E-state index in [2.05, 4.69) is 117 Å². The lowest BCUT2D eigenvalue weighted by Crippen LogP contribution is -2.33. The molecule has 0 amide bonds. The molecule has 190 valence electrons. The molecular weight excluding hydrogens is 454 g/mol. The Bertz CT molecular complexity index is 1280. The zero-order valence-corrected chi connectivity index (χ0v) is 22.4. The average Bonchev–Trinajstić information content (AvgIpc) is 2.91. The van der Waals surface area contributed by atoms with E-state index in [-0.39, 0.29) is 24.5 Å². The Morgan fingerprint density at radius 1 is 0.757 bits per heavy atom. The van der Waals surface area contributed by atoms with Gasteiger partial charge in [0, 0.05) is 18.6 Å². The fourth-order valence-corrected chi connectivity index (χ4v) is 5.11. The normalized spacial score (nSPS) is 12.8. The van der Waals surface area contributed by atoms with Gasteiger partial charge in [-0.25, -0.2) is 0 Å². The standard InChI is InChI=1S/C34H37NO2/c1-5-37-34(36)23-33(31-18-12-17-30(22-31)32-20-25(2)19-26(3)21-32)35(24-28-13-8-6-9-14-28)27(4)29-15-10-7-11-16-29/h6-22,27,33H,5,23-24H2,1-4H3/t27-,33+/m1/s1. The molecule has 0 radical (unpaired) electrons. The molecule has 4 rings (SSSR count). The molecule has 0 aromatic heterocycles. The summed E-state index contributed by atoms with van der Waals surface area (Å²) in [5.41, 5.74) is 8.38. The highest BCUT2D eigenvalue weighted by molar-refractivity contribution is 5.71. The Morgan fingerprint density at radius 2 is 1.38 bits per heavy atom. The van der Waals surface area contributed by atoms with Gasteiger partial charge in [0.1, 0.15) is 0 Å². The third-order valence-electron chi connectivity index (χ3n) is 6.88. The van der Waals surface area contributed by atoms with Crippen molar-refractivity contribution in [3.63, 3.8) is 0 Å². The number of carbonyl (C=O) groups is 1. The lowest BCUT2D eigenvalue weighted by Gasteiger charge is -2.37. The number of benzene rings is 4. The maximum atomic E-state index is 12.9. The van der Waals surface area contributed by atoms with Gasteiger partial charge < -0.3 is 4.74 Å². The van der Waals surface area contributed by atoms with Crippen LogP contribution >= 0.6 is 0 Å². The second kappa shape index (κ2) is 12.5. The van der Waals surface area contributed by atoms with Gasteiger partial charge in [-0.3, -0.25) is 9.69 Å². The van der Waals surface area contributed by atoms with Crippen LogP contribution in [0.4, 0.5) is 0 Å². The number of rotatable bonds is 10. The number of hydrogen-bond acceptors (Lipinski definition) is 3. The second-order valence-corrected chi connectivity index (χ2v) is 9.77. The molecule has 2 atom stereocenters. The molecule has 0 aliphatic carbocycles. The third kappa shape index (κ3) is 6.96. The van der Waals surface area contributed by atoms with Crippen molar-refractivity contribution in [2.75, 3.05) is 6.61 Å². The summed E-state index contributed by atoms with van der Waals surface area (Å²) < 4.78 is 5.46. The Balaban J connectivity index is 1.80. The molecule has 0 unspecified atom stereocenters. The smallest absolute Gasteiger partial charge is 0.307 e. The van der Waals surface area contributed by atoms with Crippen molar-refractivity contribution in [3.05, 3.63) is 131 Å². The molecule has 0 heterocycles. The maximum Gasteiger partial charge on any atom is 0.307 e. The summed E-state index contributed by atoms with van der Waals surface area (Å²) in [6.07, 6.45) is 0.286. The molecule has 0 bridgehead atoms. The van der Waals surface area contributed by atoms with Crippen LogP contribution in [0.2, 0.25) is 0 Å². The topological polar surface area (TPSA) is 29.5 Å². The van der Waals surface area contributed by atoms with Crippen molar-refractivity contribution in [2.45, 2.75) is 52.7 Å². The van der Waals surface area contributed by atoms with Crippen molar-refractivity contribution in [2.24, 2.45) is 0 Å². The molecule has 3 heteroatoms. The quantitative estimate of drug-likeness (QED) is 0.209. The van der Waals surface area contributed by atoms with E-state index in [0.29, 0.717) is 6.61 Å². The van der Waals surface area contributed by atoms with Gasteiger partial charge in [0.25, 0.3) is 0 Å². The van der Waals surface area contributed by atoms with E-state index in [4.69, 9.17) is 4.74 Å². The van der Waals surface area contributed by atoms with Gasteiger partial charge in [-0.1, -0.05) is 108 Å². The van der Waals surface area contributed by atoms with E-state index in [1.54, 1.807) is 0 Å². The monoisotopic (exact) mass is 491 g/mol. The number of aryl methyl sites for hydroxylation is 2. The summed E-state index contributed by atoms with van der Waals surface area (Å²) in [5.74, 6) is -0.178. The summed E-state index contributed by atoms with van der Waals surface area (Å²) in [5, 5.41) is 0. The number of esters is 1. The molecule has 3 nitrogen and oxygen atoms in total. The van der Waals surface area contributed by atoms with Crippen LogP contribution in [0.25, 0.3) is 11.1 Å². The van der Waals surface area contributed by atoms with Crippen LogP contribution < -0.4 is 0 Å². The summed E-state index contributed by atoms with van der Waals surface area (Å²) in [6.45, 7) is 9.45. The van der Waals surface area contributed by atoms with Gasteiger partial charge in [0.2, 0.25) is 0 Å². The number of ether oxygens (including phenoxy) is 1. The number of nitrogens with zero attached hydrogens (tertiary/aromatic N) is 1. The van der Waals surface area contributed by atoms with E-state index in [9.17, 15) is 4.79 Å². The van der Waals surface area contributed by atoms with Crippen LogP contribution in [-0.2, 0) is 16.1 Å². The third-order valence-corrected chi connectivity index (χ3v) is 6.88. The zero-order chi connectivity index (χ0) is 26.2. The Morgan fingerprint density at radius 3 is 2.03 bits per heavy atom. The van der Waals surface area contributed by atoms with Crippen LogP contribution in [-0.4, -0.2) is 17.5 Å². The molecule has 4 aromatic rings. The Kier molecular flexibility index (Phi) is 8.92. The van der Waals surface area contributed by atoms with Gasteiger partial charge in [-0.15, -0.1) is 0 Å². The van der Waals surface area contributed by atoms with Crippen LogP contribution in [0.15, 0.2) is 103 Å². The van der Waals surface area contributed by atoms with E-state index in [1.165, 1.54) is 27.8 Å². The van der Waals surface area contributed by atoms with Crippen LogP contribution in [0.1, 0.15) is 60.2 Å². The molecule has 4 aromatic carbocycles. The lowest BCUT2D eigenvalue weighted by molar-refractivity contribution is -0.145. The van der Waals surface area contributed by atoms with Crippen molar-refractivity contribution in [1.82, 2.24) is 4.90 Å². The predicted molar refractivity (Wildman–Crippen MR) is 152 cm³/mol. The molecule has 0 N–H and O–H groups in total. The van der Waals surface area contributed by atoms with Crippen molar-refractivity contribution < 1.29 is 9.53 Å². The first-order valence-electron chi connectivity index (χ1n) is 13.1. The predicted octanol–water partition coefficient (Wildman–Crippen LogP) is 8.23. The maximum absolute atomic E-state index is 12.9. The number of hydrogen-bond donors (Lipinski definition) is 0. The lowest BCUT2D eigenvalue weighted by atomic mass is 9.93. The van der Waals surface area contributed by atoms with Crippen molar-refractivity contribution in [3.8, 4) is 11.1 Å². The van der Waals surface area contributed by atoms with Gasteiger partial charge >= 0.3 is 5.97 Å². The van der Waals surface area contributed by atoms with Crippen LogP contribution in [0.5, 0.6) is 0 Å². The molecular formula is C34H37NO2. The van der Waals surface area contributed by atoms with Crippen LogP contribution in [0.3, 0.4) is 0 Å². The van der Waals surface area contributed by atoms with Gasteiger partial charge in [0.05, 0.1) is 13.0 Å². The molecule has 0 spiro atoms. The molecule has 0 saturated carbocycles. The minimum absolute atomic E-state index is 0.0886. The fraction of sp³-hybridized carbons (Fsp3) is 0.265. The highest BCUT2D eigenvalue weighted by atomic mass is 16.5. The zero-order valence-electron chi connectivity index (χ0n) is 22.4. The van der Waals surface area contributed by atoms with Crippen molar-refractivity contribution in [1.29, 1.82) is 0 Å². The molecule has 0 saturated heterocycles. The van der Waals surface area contributed by atoms with Gasteiger partial charge in [-0.2, -0.15) is 0 Å². The van der Waals surface area contributed by atoms with Crippen molar-refractivity contribution >= 4 is 5.97 Å². The van der Waals surface area contributed by atoms with Gasteiger partial charge in [-0.05, 0) is 61.6 Å². The molecule has 0 aliphatic heterocycles. The largest absolute Gasteiger partial charge is 0.466 e. The Hall–Kier alpha value is -3.69. The first-order valence-corrected chi connectivity index (χ1v) is 13.1. The van der Waals surface area contributed by atoms with E-state index < -0.39 is 0 Å². The minimum Gasteiger partial charge on any atom is -0.466 e. The number of carbonyl (C=O) groups excluding carboxylic acids is 1. The van der Waals surface area contributed by atoms with E-state index >= 15 is 0 Å². The second-order valence-electron chi connectivity index (χ2n) is 9.77. The van der Waals surface area contributed by atoms with Crippen LogP contribution in [0, 0.1) is 13.8 Å². The van der Waals surface area contributed by atoms with E-state index in [0.717, 1.165) is 17.7 Å². The van der Waals surface area contributed by atoms with E-state index in [1.807, 2.05) is 19.1 Å². The summed E-state index contributed by atoms with van der Waals surface area (Å²) in [4.78, 5) is 15.4. The molecule has 0 aliphatic rings. The van der Waals surface area contributed by atoms with Gasteiger partial charge in [0.15, 0.2) is 0 Å². The fourth-order valence-electron chi connectivity index (χ4n) is 5.11. The summed E-state index contributed by atoms with van der Waals surface area (Å²) >= 11 is 0. The first-order chi connectivity index (χ1) is 17.9. The Labute approximate surface area is 221 Å². The SMILES string of the molecule is CCOC(=O)C[C@@H](c1cccc(-c2cc(C)cc(C)c2)c1)N(Cc1ccccc1)[C@H](C)c1ccccc1. The first kappa shape index (κ1) is 26.4. The minimum atomic E-state index is -0.178. The highest BCUT2D eigenvalue weighted by Gasteiger charge is 2.29. The molecule has 37 heavy (non-hydrogen) atoms. The summed E-state index contributed by atoms with van der Waals surface area (Å²) in [7, 11) is 0. The summed E-state index contributed by atoms with van der Waals surface area (Å²) in [6, 6.07) is 36.2. The average molecular weight is 492 g/mol.